The van der Waals surface area contributed by atoms with E-state index >= 15 is 0 Å². The summed E-state index contributed by atoms with van der Waals surface area (Å²) in [5.74, 6) is 0.869. The molecule has 7 nitrogen and oxygen atoms in total. The van der Waals surface area contributed by atoms with Gasteiger partial charge in [-0.05, 0) is 18.1 Å². The van der Waals surface area contributed by atoms with Crippen LogP contribution in [-0.2, 0) is 9.59 Å². The fraction of sp³-hybridized carbons (Fsp3) is 0.529. The molecule has 2 atom stereocenters. The van der Waals surface area contributed by atoms with Gasteiger partial charge in [-0.25, -0.2) is 0 Å². The van der Waals surface area contributed by atoms with Crippen molar-refractivity contribution in [2.45, 2.75) is 26.0 Å². The third-order valence-corrected chi connectivity index (χ3v) is 3.91. The molecular formula is C17H25N3O4. The normalized spacial score (nSPS) is 17.3. The van der Waals surface area contributed by atoms with Crippen LogP contribution in [0.3, 0.4) is 0 Å². The lowest BCUT2D eigenvalue weighted by Gasteiger charge is -2.29. The molecule has 1 unspecified atom stereocenters. The minimum atomic E-state index is -0.616. The number of carbonyl (C=O) groups excluding carboxylic acids is 2. The molecule has 0 radical (unpaired) electrons. The molecule has 132 valence electrons. The maximum atomic E-state index is 12.1. The summed E-state index contributed by atoms with van der Waals surface area (Å²) in [5, 5.41) is 2.57. The number of hydrogen-bond donors (Lipinski definition) is 2. The third kappa shape index (κ3) is 4.61. The van der Waals surface area contributed by atoms with Crippen molar-refractivity contribution in [1.29, 1.82) is 0 Å². The van der Waals surface area contributed by atoms with Gasteiger partial charge in [0.2, 0.25) is 11.8 Å². The molecule has 1 heterocycles. The second kappa shape index (κ2) is 8.01. The van der Waals surface area contributed by atoms with Gasteiger partial charge < -0.3 is 25.4 Å². The molecule has 0 fully saturated rings. The number of amides is 2. The van der Waals surface area contributed by atoms with Gasteiger partial charge in [0, 0.05) is 7.05 Å². The van der Waals surface area contributed by atoms with E-state index in [4.69, 9.17) is 15.2 Å². The summed E-state index contributed by atoms with van der Waals surface area (Å²) < 4.78 is 11.4. The monoisotopic (exact) mass is 335 g/mol. The first kappa shape index (κ1) is 18.1. The highest BCUT2D eigenvalue weighted by atomic mass is 16.6. The average molecular weight is 335 g/mol. The summed E-state index contributed by atoms with van der Waals surface area (Å²) in [7, 11) is 1.67. The molecule has 2 rings (SSSR count). The van der Waals surface area contributed by atoms with E-state index in [1.54, 1.807) is 7.05 Å². The molecule has 0 aliphatic carbocycles. The largest absolute Gasteiger partial charge is 0.486 e. The summed E-state index contributed by atoms with van der Waals surface area (Å²) in [5.41, 5.74) is 5.74. The summed E-state index contributed by atoms with van der Waals surface area (Å²) >= 11 is 0. The number of nitrogens with two attached hydrogens (primary N) is 1. The molecule has 2 amide bonds. The molecule has 3 N–H and O–H groups in total. The lowest BCUT2D eigenvalue weighted by molar-refractivity contribution is -0.133. The van der Waals surface area contributed by atoms with Gasteiger partial charge in [-0.1, -0.05) is 26.0 Å². The highest BCUT2D eigenvalue weighted by Crippen LogP contribution is 2.30. The molecule has 1 aromatic carbocycles. The van der Waals surface area contributed by atoms with Gasteiger partial charge >= 0.3 is 0 Å². The third-order valence-electron chi connectivity index (χ3n) is 3.91. The highest BCUT2D eigenvalue weighted by Gasteiger charge is 2.24. The number of fused-ring (bicyclic) bond motifs is 1. The van der Waals surface area contributed by atoms with Crippen LogP contribution in [0.2, 0.25) is 0 Å². The molecule has 1 aliphatic rings. The number of nitrogens with zero attached hydrogens (tertiary/aromatic N) is 1. The summed E-state index contributed by atoms with van der Waals surface area (Å²) in [6.45, 7) is 4.38. The van der Waals surface area contributed by atoms with Gasteiger partial charge in [0.1, 0.15) is 6.61 Å². The van der Waals surface area contributed by atoms with Crippen LogP contribution in [0.15, 0.2) is 24.3 Å². The van der Waals surface area contributed by atoms with E-state index in [2.05, 4.69) is 5.32 Å². The molecular weight excluding hydrogens is 310 g/mol. The van der Waals surface area contributed by atoms with Crippen LogP contribution in [0.1, 0.15) is 13.8 Å². The Hall–Kier alpha value is -2.28. The van der Waals surface area contributed by atoms with E-state index < -0.39 is 6.04 Å². The number of benzene rings is 1. The van der Waals surface area contributed by atoms with Crippen molar-refractivity contribution < 1.29 is 19.1 Å². The zero-order chi connectivity index (χ0) is 17.7. The standard InChI is InChI=1S/C17H25N3O4/c1-11(2)16(18)17(22)19-8-15(21)20(3)9-12-10-23-13-6-4-5-7-14(13)24-12/h4-7,11-12,16H,8-10,18H2,1-3H3,(H,19,22)/t12?,16-/m0/s1. The zero-order valence-electron chi connectivity index (χ0n) is 14.3. The van der Waals surface area contributed by atoms with Crippen molar-refractivity contribution in [1.82, 2.24) is 10.2 Å². The molecule has 0 spiro atoms. The van der Waals surface area contributed by atoms with Crippen LogP contribution >= 0.6 is 0 Å². The van der Waals surface area contributed by atoms with E-state index in [1.807, 2.05) is 38.1 Å². The fourth-order valence-electron chi connectivity index (χ4n) is 2.28. The molecule has 7 heteroatoms. The first-order chi connectivity index (χ1) is 11.4. The summed E-state index contributed by atoms with van der Waals surface area (Å²) in [4.78, 5) is 25.4. The predicted octanol–water partition coefficient (Wildman–Crippen LogP) is 0.384. The number of nitrogens with one attached hydrogen (secondary N) is 1. The number of para-hydroxylation sites is 2. The summed E-state index contributed by atoms with van der Waals surface area (Å²) in [6.07, 6.45) is -0.248. The Kier molecular flexibility index (Phi) is 6.03. The van der Waals surface area contributed by atoms with Crippen LogP contribution in [0, 0.1) is 5.92 Å². The van der Waals surface area contributed by atoms with Crippen molar-refractivity contribution in [3.8, 4) is 11.5 Å². The number of ether oxygens (including phenoxy) is 2. The number of hydrogen-bond acceptors (Lipinski definition) is 5. The maximum absolute atomic E-state index is 12.1. The van der Waals surface area contributed by atoms with E-state index in [0.717, 1.165) is 0 Å². The number of carbonyl (C=O) groups is 2. The van der Waals surface area contributed by atoms with E-state index in [9.17, 15) is 9.59 Å². The lowest BCUT2D eigenvalue weighted by atomic mass is 10.1. The Morgan fingerprint density at radius 2 is 2.00 bits per heavy atom. The van der Waals surface area contributed by atoms with Crippen LogP contribution in [0.25, 0.3) is 0 Å². The molecule has 24 heavy (non-hydrogen) atoms. The minimum Gasteiger partial charge on any atom is -0.486 e. The Bertz CT molecular complexity index is 591. The SMILES string of the molecule is CC(C)[C@H](N)C(=O)NCC(=O)N(C)CC1COc2ccccc2O1. The Morgan fingerprint density at radius 1 is 1.33 bits per heavy atom. The second-order valence-electron chi connectivity index (χ2n) is 6.26. The van der Waals surface area contributed by atoms with Gasteiger partial charge in [-0.3, -0.25) is 9.59 Å². The molecule has 0 saturated heterocycles. The smallest absolute Gasteiger partial charge is 0.241 e. The van der Waals surface area contributed by atoms with Gasteiger partial charge in [0.15, 0.2) is 17.6 Å². The molecule has 0 bridgehead atoms. The Labute approximate surface area is 142 Å². The van der Waals surface area contributed by atoms with Crippen molar-refractivity contribution in [2.75, 3.05) is 26.7 Å². The Morgan fingerprint density at radius 3 is 2.67 bits per heavy atom. The first-order valence-electron chi connectivity index (χ1n) is 8.04. The second-order valence-corrected chi connectivity index (χ2v) is 6.26. The number of rotatable bonds is 6. The zero-order valence-corrected chi connectivity index (χ0v) is 14.3. The quantitative estimate of drug-likeness (QED) is 0.784. The van der Waals surface area contributed by atoms with Crippen molar-refractivity contribution >= 4 is 11.8 Å². The van der Waals surface area contributed by atoms with Crippen LogP contribution < -0.4 is 20.5 Å². The Balaban J connectivity index is 1.79. The van der Waals surface area contributed by atoms with Gasteiger partial charge in [0.05, 0.1) is 19.1 Å². The molecule has 1 aromatic rings. The van der Waals surface area contributed by atoms with Crippen LogP contribution in [0.4, 0.5) is 0 Å². The van der Waals surface area contributed by atoms with E-state index in [-0.39, 0.29) is 30.4 Å². The van der Waals surface area contributed by atoms with Crippen molar-refractivity contribution in [3.63, 3.8) is 0 Å². The van der Waals surface area contributed by atoms with Crippen LogP contribution in [0.5, 0.6) is 11.5 Å². The van der Waals surface area contributed by atoms with Crippen LogP contribution in [-0.4, -0.2) is 55.6 Å². The average Bonchev–Trinajstić information content (AvgIpc) is 2.58. The van der Waals surface area contributed by atoms with Gasteiger partial charge in [-0.15, -0.1) is 0 Å². The maximum Gasteiger partial charge on any atom is 0.241 e. The van der Waals surface area contributed by atoms with E-state index in [1.165, 1.54) is 4.90 Å². The van der Waals surface area contributed by atoms with Crippen molar-refractivity contribution in [2.24, 2.45) is 11.7 Å². The van der Waals surface area contributed by atoms with E-state index in [0.29, 0.717) is 24.7 Å². The summed E-state index contributed by atoms with van der Waals surface area (Å²) in [6, 6.07) is 6.80. The van der Waals surface area contributed by atoms with Crippen molar-refractivity contribution in [3.05, 3.63) is 24.3 Å². The molecule has 0 aromatic heterocycles. The lowest BCUT2D eigenvalue weighted by Crippen LogP contribution is -2.49. The first-order valence-corrected chi connectivity index (χ1v) is 8.04. The fourth-order valence-corrected chi connectivity index (χ4v) is 2.28. The van der Waals surface area contributed by atoms with Gasteiger partial charge in [0.25, 0.3) is 0 Å². The number of likely N-dealkylation sites (N-methyl/N-ethyl adjacent to an activating group) is 1. The minimum absolute atomic E-state index is 0.0192. The molecule has 0 saturated carbocycles. The van der Waals surface area contributed by atoms with Gasteiger partial charge in [-0.2, -0.15) is 0 Å². The topological polar surface area (TPSA) is 93.9 Å². The highest BCUT2D eigenvalue weighted by molar-refractivity contribution is 5.87. The molecule has 1 aliphatic heterocycles. The predicted molar refractivity (Wildman–Crippen MR) is 89.8 cm³/mol.